The average Bonchev–Trinajstić information content (AvgIpc) is 2.70. The molecular weight excluding hydrogens is 318 g/mol. The summed E-state index contributed by atoms with van der Waals surface area (Å²) in [5.74, 6) is 0.187. The van der Waals surface area contributed by atoms with Crippen LogP contribution in [0.2, 0.25) is 0 Å². The summed E-state index contributed by atoms with van der Waals surface area (Å²) in [7, 11) is 0. The second-order valence-electron chi connectivity index (χ2n) is 6.67. The van der Waals surface area contributed by atoms with Gasteiger partial charge in [-0.3, -0.25) is 4.79 Å². The van der Waals surface area contributed by atoms with Crippen molar-refractivity contribution in [1.29, 1.82) is 0 Å². The van der Waals surface area contributed by atoms with Crippen LogP contribution in [0, 0.1) is 0 Å². The van der Waals surface area contributed by atoms with Crippen LogP contribution in [-0.2, 0) is 4.79 Å². The van der Waals surface area contributed by atoms with Gasteiger partial charge in [-0.15, -0.1) is 0 Å². The number of carbonyl (C=O) groups is 1. The molecule has 0 saturated carbocycles. The highest BCUT2D eigenvalue weighted by atomic mass is 16.1. The zero-order valence-corrected chi connectivity index (χ0v) is 15.4. The number of hydrogen-bond acceptors (Lipinski definition) is 1. The van der Waals surface area contributed by atoms with Gasteiger partial charge >= 0.3 is 0 Å². The van der Waals surface area contributed by atoms with Crippen molar-refractivity contribution >= 4 is 11.6 Å². The summed E-state index contributed by atoms with van der Waals surface area (Å²) >= 11 is 0. The minimum Gasteiger partial charge on any atom is -0.325 e. The summed E-state index contributed by atoms with van der Waals surface area (Å²) in [6, 6.07) is 28.0. The topological polar surface area (TPSA) is 29.1 Å². The molecule has 0 aromatic heterocycles. The molecule has 0 radical (unpaired) electrons. The second kappa shape index (κ2) is 8.48. The van der Waals surface area contributed by atoms with E-state index in [0.29, 0.717) is 5.92 Å². The molecule has 0 heterocycles. The molecule has 1 amide bonds. The van der Waals surface area contributed by atoms with Gasteiger partial charge in [-0.1, -0.05) is 86.6 Å². The minimum atomic E-state index is -0.327. The Morgan fingerprint density at radius 3 is 1.73 bits per heavy atom. The first-order valence-electron chi connectivity index (χ1n) is 9.19. The number of rotatable bonds is 6. The number of benzene rings is 3. The van der Waals surface area contributed by atoms with Gasteiger partial charge in [0.2, 0.25) is 5.91 Å². The Kier molecular flexibility index (Phi) is 5.85. The van der Waals surface area contributed by atoms with E-state index < -0.39 is 0 Å². The third-order valence-corrected chi connectivity index (χ3v) is 4.89. The Bertz CT molecular complexity index is 786. The van der Waals surface area contributed by atoms with Gasteiger partial charge in [0.1, 0.15) is 0 Å². The maximum atomic E-state index is 13.1. The van der Waals surface area contributed by atoms with Crippen LogP contribution in [0.5, 0.6) is 0 Å². The first-order chi connectivity index (χ1) is 12.7. The number of amides is 1. The second-order valence-corrected chi connectivity index (χ2v) is 6.67. The summed E-state index contributed by atoms with van der Waals surface area (Å²) in [6.45, 7) is 4.40. The lowest BCUT2D eigenvalue weighted by Gasteiger charge is -2.18. The molecule has 3 rings (SSSR count). The van der Waals surface area contributed by atoms with E-state index in [1.807, 2.05) is 72.8 Å². The van der Waals surface area contributed by atoms with Crippen molar-refractivity contribution in [1.82, 2.24) is 0 Å². The molecule has 0 saturated heterocycles. The molecule has 1 atom stereocenters. The number of nitrogens with one attached hydrogen (secondary N) is 1. The third kappa shape index (κ3) is 4.20. The van der Waals surface area contributed by atoms with Crippen molar-refractivity contribution in [3.05, 3.63) is 102 Å². The smallest absolute Gasteiger partial charge is 0.236 e. The monoisotopic (exact) mass is 343 g/mol. The highest BCUT2D eigenvalue weighted by Gasteiger charge is 2.22. The summed E-state index contributed by atoms with van der Waals surface area (Å²) < 4.78 is 0. The number of hydrogen-bond donors (Lipinski definition) is 1. The van der Waals surface area contributed by atoms with Gasteiger partial charge in [0.25, 0.3) is 0 Å². The molecule has 0 spiro atoms. The fraction of sp³-hybridized carbons (Fsp3) is 0.208. The van der Waals surface area contributed by atoms with Crippen LogP contribution in [0.25, 0.3) is 0 Å². The molecule has 26 heavy (non-hydrogen) atoms. The van der Waals surface area contributed by atoms with Crippen molar-refractivity contribution < 1.29 is 4.79 Å². The third-order valence-electron chi connectivity index (χ3n) is 4.89. The average molecular weight is 343 g/mol. The molecule has 0 aliphatic carbocycles. The van der Waals surface area contributed by atoms with Crippen LogP contribution in [0.4, 0.5) is 5.69 Å². The quantitative estimate of drug-likeness (QED) is 0.587. The van der Waals surface area contributed by atoms with Crippen LogP contribution in [0.1, 0.15) is 48.8 Å². The summed E-state index contributed by atoms with van der Waals surface area (Å²) in [4.78, 5) is 13.1. The predicted octanol–water partition coefficient (Wildman–Crippen LogP) is 5.97. The SMILES string of the molecule is CCC(C)c1ccc(NC(=O)C(c2ccccc2)c2ccccc2)cc1. The lowest BCUT2D eigenvalue weighted by molar-refractivity contribution is -0.116. The van der Waals surface area contributed by atoms with Gasteiger partial charge in [0, 0.05) is 5.69 Å². The molecule has 3 aromatic carbocycles. The first kappa shape index (κ1) is 17.9. The van der Waals surface area contributed by atoms with E-state index in [-0.39, 0.29) is 11.8 Å². The molecule has 3 aromatic rings. The van der Waals surface area contributed by atoms with Crippen LogP contribution in [0.15, 0.2) is 84.9 Å². The lowest BCUT2D eigenvalue weighted by atomic mass is 9.90. The molecule has 2 nitrogen and oxygen atoms in total. The largest absolute Gasteiger partial charge is 0.325 e. The molecule has 0 bridgehead atoms. The normalized spacial score (nSPS) is 12.0. The molecule has 132 valence electrons. The van der Waals surface area contributed by atoms with Crippen LogP contribution in [-0.4, -0.2) is 5.91 Å². The van der Waals surface area contributed by atoms with E-state index >= 15 is 0 Å². The summed E-state index contributed by atoms with van der Waals surface area (Å²) in [5.41, 5.74) is 4.12. The summed E-state index contributed by atoms with van der Waals surface area (Å²) in [6.07, 6.45) is 1.11. The number of anilines is 1. The van der Waals surface area contributed by atoms with E-state index in [2.05, 4.69) is 31.3 Å². The van der Waals surface area contributed by atoms with Gasteiger partial charge in [0.05, 0.1) is 5.92 Å². The first-order valence-corrected chi connectivity index (χ1v) is 9.19. The van der Waals surface area contributed by atoms with Gasteiger partial charge in [0.15, 0.2) is 0 Å². The molecule has 1 N–H and O–H groups in total. The standard InChI is InChI=1S/C24H25NO/c1-3-18(2)19-14-16-22(17-15-19)25-24(26)23(20-10-6-4-7-11-20)21-12-8-5-9-13-21/h4-18,23H,3H2,1-2H3,(H,25,26). The molecule has 0 aliphatic heterocycles. The zero-order chi connectivity index (χ0) is 18.4. The Balaban J connectivity index is 1.84. The van der Waals surface area contributed by atoms with Crippen molar-refractivity contribution in [2.75, 3.05) is 5.32 Å². The van der Waals surface area contributed by atoms with E-state index in [1.54, 1.807) is 0 Å². The maximum Gasteiger partial charge on any atom is 0.236 e. The Labute approximate surface area is 155 Å². The van der Waals surface area contributed by atoms with Gasteiger partial charge in [-0.2, -0.15) is 0 Å². The van der Waals surface area contributed by atoms with E-state index in [1.165, 1.54) is 5.56 Å². The van der Waals surface area contributed by atoms with Crippen LogP contribution >= 0.6 is 0 Å². The molecule has 1 unspecified atom stereocenters. The predicted molar refractivity (Wildman–Crippen MR) is 109 cm³/mol. The number of carbonyl (C=O) groups excluding carboxylic acids is 1. The van der Waals surface area contributed by atoms with E-state index in [9.17, 15) is 4.79 Å². The van der Waals surface area contributed by atoms with Crippen molar-refractivity contribution in [2.24, 2.45) is 0 Å². The fourth-order valence-electron chi connectivity index (χ4n) is 3.13. The lowest BCUT2D eigenvalue weighted by Crippen LogP contribution is -2.22. The van der Waals surface area contributed by atoms with Gasteiger partial charge in [-0.05, 0) is 41.2 Å². The van der Waals surface area contributed by atoms with E-state index in [0.717, 1.165) is 23.2 Å². The van der Waals surface area contributed by atoms with Crippen LogP contribution in [0.3, 0.4) is 0 Å². The highest BCUT2D eigenvalue weighted by molar-refractivity contribution is 5.98. The Hall–Kier alpha value is -2.87. The maximum absolute atomic E-state index is 13.1. The molecule has 0 aliphatic rings. The van der Waals surface area contributed by atoms with Crippen molar-refractivity contribution in [3.63, 3.8) is 0 Å². The Morgan fingerprint density at radius 1 is 0.769 bits per heavy atom. The van der Waals surface area contributed by atoms with Gasteiger partial charge in [-0.25, -0.2) is 0 Å². The Morgan fingerprint density at radius 2 is 1.27 bits per heavy atom. The zero-order valence-electron chi connectivity index (χ0n) is 15.4. The van der Waals surface area contributed by atoms with Crippen LogP contribution < -0.4 is 5.32 Å². The van der Waals surface area contributed by atoms with Gasteiger partial charge < -0.3 is 5.32 Å². The molecule has 2 heteroatoms. The minimum absolute atomic E-state index is 0.0151. The highest BCUT2D eigenvalue weighted by Crippen LogP contribution is 2.27. The van der Waals surface area contributed by atoms with Crippen molar-refractivity contribution in [3.8, 4) is 0 Å². The molecule has 0 fully saturated rings. The van der Waals surface area contributed by atoms with Crippen molar-refractivity contribution in [2.45, 2.75) is 32.1 Å². The fourth-order valence-corrected chi connectivity index (χ4v) is 3.13. The van der Waals surface area contributed by atoms with E-state index in [4.69, 9.17) is 0 Å². The summed E-state index contributed by atoms with van der Waals surface area (Å²) in [5, 5.41) is 3.08. The molecular formula is C24H25NO.